The summed E-state index contributed by atoms with van der Waals surface area (Å²) in [6, 6.07) is 11.0. The van der Waals surface area contributed by atoms with E-state index in [4.69, 9.17) is 33.2 Å². The second-order valence-corrected chi connectivity index (χ2v) is 10.1. The average Bonchev–Trinajstić information content (AvgIpc) is 3.02. The maximum Gasteiger partial charge on any atom is 0.255 e. The lowest BCUT2D eigenvalue weighted by molar-refractivity contribution is 0.104. The Morgan fingerprint density at radius 3 is 1.67 bits per heavy atom. The lowest BCUT2D eigenvalue weighted by Crippen LogP contribution is -2.09. The molecule has 3 rings (SSSR count). The van der Waals surface area contributed by atoms with Gasteiger partial charge in [-0.1, -0.05) is 0 Å². The number of methoxy groups -OCH3 is 7. The van der Waals surface area contributed by atoms with Crippen LogP contribution in [0.25, 0.3) is 6.08 Å². The van der Waals surface area contributed by atoms with Crippen molar-refractivity contribution in [2.24, 2.45) is 0 Å². The first kappa shape index (κ1) is 32.5. The Bertz CT molecular complexity index is 1570. The summed E-state index contributed by atoms with van der Waals surface area (Å²) in [5.41, 5.74) is 1.24. The van der Waals surface area contributed by atoms with Crippen LogP contribution in [0.5, 0.6) is 40.2 Å². The molecular formula is C30H34N2O10S. The number of ketones is 1. The van der Waals surface area contributed by atoms with Crippen LogP contribution >= 0.6 is 0 Å². The fourth-order valence-corrected chi connectivity index (χ4v) is 4.81. The Hall–Kier alpha value is -5.04. The standard InChI is InChI=1S/C30H34N2O10S/c1-36-20-15-26(39-4)22(27(16-20)40-5)11-13-43(34,35)32-19-8-9-25(38-3)23(14-19)31-12-10-24(33)30-28(41-6)17-21(37-2)18-29(30)42-7/h8-18,31-32H,1-7H3. The van der Waals surface area contributed by atoms with E-state index in [9.17, 15) is 13.2 Å². The number of benzene rings is 3. The third kappa shape index (κ3) is 8.04. The molecule has 12 nitrogen and oxygen atoms in total. The quantitative estimate of drug-likeness (QED) is 0.177. The number of hydrogen-bond acceptors (Lipinski definition) is 11. The van der Waals surface area contributed by atoms with E-state index in [0.29, 0.717) is 40.0 Å². The lowest BCUT2D eigenvalue weighted by Gasteiger charge is -2.14. The molecule has 0 heterocycles. The molecule has 0 aliphatic rings. The fraction of sp³-hybridized carbons (Fsp3) is 0.233. The Kier molecular flexibility index (Phi) is 11.1. The molecule has 0 amide bonds. The Balaban J connectivity index is 1.83. The zero-order chi connectivity index (χ0) is 31.6. The van der Waals surface area contributed by atoms with Crippen molar-refractivity contribution in [3.8, 4) is 40.2 Å². The van der Waals surface area contributed by atoms with Crippen LogP contribution in [0.1, 0.15) is 15.9 Å². The summed E-state index contributed by atoms with van der Waals surface area (Å²) in [5.74, 6) is 2.24. The smallest absolute Gasteiger partial charge is 0.255 e. The molecule has 0 spiro atoms. The van der Waals surface area contributed by atoms with E-state index in [2.05, 4.69) is 10.0 Å². The van der Waals surface area contributed by atoms with Crippen LogP contribution in [0.4, 0.5) is 11.4 Å². The highest BCUT2D eigenvalue weighted by atomic mass is 32.2. The Labute approximate surface area is 250 Å². The van der Waals surface area contributed by atoms with E-state index in [-0.39, 0.29) is 22.7 Å². The predicted molar refractivity (Wildman–Crippen MR) is 164 cm³/mol. The number of sulfonamides is 1. The van der Waals surface area contributed by atoms with Gasteiger partial charge in [-0.2, -0.15) is 0 Å². The molecule has 0 aliphatic heterocycles. The number of rotatable bonds is 15. The molecule has 230 valence electrons. The summed E-state index contributed by atoms with van der Waals surface area (Å²) in [4.78, 5) is 13.0. The SMILES string of the molecule is COc1cc(OC)c(C=CS(=O)(=O)Nc2ccc(OC)c(NC=CC(=O)c3c(OC)cc(OC)cc3OC)c2)c(OC)c1. The molecule has 2 N–H and O–H groups in total. The summed E-state index contributed by atoms with van der Waals surface area (Å²) in [5, 5.41) is 3.95. The first-order chi connectivity index (χ1) is 20.6. The molecule has 3 aromatic carbocycles. The summed E-state index contributed by atoms with van der Waals surface area (Å²) in [7, 11) is 6.25. The van der Waals surface area contributed by atoms with Gasteiger partial charge >= 0.3 is 0 Å². The van der Waals surface area contributed by atoms with Crippen molar-refractivity contribution in [2.45, 2.75) is 0 Å². The van der Waals surface area contributed by atoms with Crippen LogP contribution in [0.3, 0.4) is 0 Å². The maximum absolute atomic E-state index is 13.0. The van der Waals surface area contributed by atoms with E-state index in [0.717, 1.165) is 5.41 Å². The minimum Gasteiger partial charge on any atom is -0.496 e. The highest BCUT2D eigenvalue weighted by Crippen LogP contribution is 2.36. The number of hydrogen-bond donors (Lipinski definition) is 2. The van der Waals surface area contributed by atoms with E-state index in [1.807, 2.05) is 0 Å². The van der Waals surface area contributed by atoms with E-state index < -0.39 is 15.8 Å². The van der Waals surface area contributed by atoms with Crippen molar-refractivity contribution in [3.05, 3.63) is 71.3 Å². The normalized spacial score (nSPS) is 11.2. The monoisotopic (exact) mass is 614 g/mol. The van der Waals surface area contributed by atoms with Gasteiger partial charge in [0.1, 0.15) is 45.8 Å². The molecule has 13 heteroatoms. The number of carbonyl (C=O) groups is 1. The molecule has 0 atom stereocenters. The van der Waals surface area contributed by atoms with E-state index in [1.54, 1.807) is 30.3 Å². The lowest BCUT2D eigenvalue weighted by atomic mass is 10.1. The maximum atomic E-state index is 13.0. The molecular weight excluding hydrogens is 580 g/mol. The first-order valence-electron chi connectivity index (χ1n) is 12.6. The second kappa shape index (κ2) is 14.7. The average molecular weight is 615 g/mol. The number of allylic oxidation sites excluding steroid dienone is 1. The predicted octanol–water partition coefficient (Wildman–Crippen LogP) is 4.97. The van der Waals surface area contributed by atoms with E-state index in [1.165, 1.54) is 80.3 Å². The molecule has 0 aromatic heterocycles. The van der Waals surface area contributed by atoms with Crippen molar-refractivity contribution in [3.63, 3.8) is 0 Å². The molecule has 0 bridgehead atoms. The Morgan fingerprint density at radius 2 is 1.19 bits per heavy atom. The van der Waals surface area contributed by atoms with Crippen LogP contribution in [-0.2, 0) is 10.0 Å². The summed E-state index contributed by atoms with van der Waals surface area (Å²) < 4.78 is 65.7. The first-order valence-corrected chi connectivity index (χ1v) is 14.1. The molecule has 0 fully saturated rings. The molecule has 0 radical (unpaired) electrons. The van der Waals surface area contributed by atoms with Gasteiger partial charge in [0.25, 0.3) is 10.0 Å². The van der Waals surface area contributed by atoms with Gasteiger partial charge in [-0.3, -0.25) is 9.52 Å². The molecule has 0 unspecified atom stereocenters. The van der Waals surface area contributed by atoms with Gasteiger partial charge in [0.05, 0.1) is 72.1 Å². The van der Waals surface area contributed by atoms with Crippen LogP contribution < -0.4 is 43.2 Å². The molecule has 0 aliphatic carbocycles. The minimum atomic E-state index is -3.98. The minimum absolute atomic E-state index is 0.203. The van der Waals surface area contributed by atoms with Crippen molar-refractivity contribution < 1.29 is 46.4 Å². The number of carbonyl (C=O) groups excluding carboxylic acids is 1. The third-order valence-electron chi connectivity index (χ3n) is 6.06. The number of anilines is 2. The summed E-state index contributed by atoms with van der Waals surface area (Å²) >= 11 is 0. The molecule has 0 saturated carbocycles. The molecule has 3 aromatic rings. The van der Waals surface area contributed by atoms with Gasteiger partial charge in [-0.05, 0) is 24.3 Å². The van der Waals surface area contributed by atoms with Crippen LogP contribution in [0.2, 0.25) is 0 Å². The van der Waals surface area contributed by atoms with Gasteiger partial charge in [-0.25, -0.2) is 8.42 Å². The van der Waals surface area contributed by atoms with Crippen molar-refractivity contribution in [2.75, 3.05) is 59.8 Å². The van der Waals surface area contributed by atoms with Gasteiger partial charge in [0.2, 0.25) is 0 Å². The third-order valence-corrected chi connectivity index (χ3v) is 7.08. The Morgan fingerprint density at radius 1 is 0.674 bits per heavy atom. The topological polar surface area (TPSA) is 140 Å². The van der Waals surface area contributed by atoms with E-state index >= 15 is 0 Å². The summed E-state index contributed by atoms with van der Waals surface area (Å²) in [6.45, 7) is 0. The second-order valence-electron chi connectivity index (χ2n) is 8.56. The zero-order valence-corrected chi connectivity index (χ0v) is 25.7. The number of nitrogens with one attached hydrogen (secondary N) is 2. The largest absolute Gasteiger partial charge is 0.496 e. The van der Waals surface area contributed by atoms with Crippen LogP contribution in [0.15, 0.2) is 60.1 Å². The van der Waals surface area contributed by atoms with Crippen molar-refractivity contribution in [1.29, 1.82) is 0 Å². The number of ether oxygens (including phenoxy) is 7. The summed E-state index contributed by atoms with van der Waals surface area (Å²) in [6.07, 6.45) is 4.03. The van der Waals surface area contributed by atoms with Crippen LogP contribution in [0, 0.1) is 0 Å². The zero-order valence-electron chi connectivity index (χ0n) is 24.8. The molecule has 43 heavy (non-hydrogen) atoms. The van der Waals surface area contributed by atoms with Gasteiger partial charge < -0.3 is 38.5 Å². The van der Waals surface area contributed by atoms with Gasteiger partial charge in [-0.15, -0.1) is 0 Å². The van der Waals surface area contributed by atoms with Crippen molar-refractivity contribution >= 4 is 33.3 Å². The molecule has 0 saturated heterocycles. The highest BCUT2D eigenvalue weighted by Gasteiger charge is 2.19. The van der Waals surface area contributed by atoms with Crippen LogP contribution in [-0.4, -0.2) is 64.0 Å². The fourth-order valence-electron chi connectivity index (χ4n) is 3.98. The highest BCUT2D eigenvalue weighted by molar-refractivity contribution is 7.95. The van der Waals surface area contributed by atoms with Crippen molar-refractivity contribution in [1.82, 2.24) is 0 Å². The van der Waals surface area contributed by atoms with Gasteiger partial charge in [0, 0.05) is 36.5 Å². The van der Waals surface area contributed by atoms with Gasteiger partial charge in [0.15, 0.2) is 5.78 Å².